The minimum absolute atomic E-state index is 0.0894. The van der Waals surface area contributed by atoms with E-state index in [0.717, 1.165) is 33.2 Å². The summed E-state index contributed by atoms with van der Waals surface area (Å²) in [5.41, 5.74) is 2.98. The first-order valence-corrected chi connectivity index (χ1v) is 17.1. The van der Waals surface area contributed by atoms with Gasteiger partial charge < -0.3 is 14.9 Å². The molecule has 0 radical (unpaired) electrons. The van der Waals surface area contributed by atoms with Crippen LogP contribution < -0.4 is 4.90 Å². The maximum atomic E-state index is 13.8. The Morgan fingerprint density at radius 1 is 0.744 bits per heavy atom. The first kappa shape index (κ1) is 34.8. The Bertz CT molecular complexity index is 1330. The van der Waals surface area contributed by atoms with Crippen LogP contribution in [0.5, 0.6) is 0 Å². The van der Waals surface area contributed by atoms with Crippen molar-refractivity contribution >= 4 is 62.0 Å². The number of unbranched alkanes of at least 4 members (excludes halogenated alkanes) is 9. The number of para-hydroxylation sites is 1. The number of rotatable bonds is 17. The smallest absolute Gasteiger partial charge is 0.394 e. The highest BCUT2D eigenvalue weighted by Gasteiger charge is 2.24. The zero-order valence-electron chi connectivity index (χ0n) is 24.9. The van der Waals surface area contributed by atoms with E-state index in [1.165, 1.54) is 56.3 Å². The number of carboxylic acids is 1. The van der Waals surface area contributed by atoms with Crippen molar-refractivity contribution in [2.45, 2.75) is 84.2 Å². The Morgan fingerprint density at radius 3 is 1.93 bits per heavy atom. The Morgan fingerprint density at radius 2 is 1.33 bits per heavy atom. The molecule has 8 heteroatoms. The van der Waals surface area contributed by atoms with Crippen LogP contribution in [0.3, 0.4) is 0 Å². The van der Waals surface area contributed by atoms with Gasteiger partial charge in [-0.2, -0.15) is 0 Å². The predicted octanol–water partition coefficient (Wildman–Crippen LogP) is 9.23. The van der Waals surface area contributed by atoms with Crippen molar-refractivity contribution in [3.05, 3.63) is 97.5 Å². The van der Waals surface area contributed by atoms with Gasteiger partial charge in [0.2, 0.25) is 0 Å². The number of aliphatic carboxylic acids is 1. The molecule has 230 valence electrons. The van der Waals surface area contributed by atoms with E-state index in [2.05, 4.69) is 45.4 Å². The van der Waals surface area contributed by atoms with Gasteiger partial charge in [0.1, 0.15) is 0 Å². The fraction of sp³-hybridized carbons (Fsp3) is 0.400. The van der Waals surface area contributed by atoms with Crippen LogP contribution in [0.15, 0.2) is 77.3 Å². The van der Waals surface area contributed by atoms with E-state index in [-0.39, 0.29) is 19.0 Å². The fourth-order valence-corrected chi connectivity index (χ4v) is 6.11. The van der Waals surface area contributed by atoms with Gasteiger partial charge in [-0.15, -0.1) is 0 Å². The number of carbonyl (C=O) groups is 3. The van der Waals surface area contributed by atoms with Crippen molar-refractivity contribution in [2.24, 2.45) is 0 Å². The molecule has 0 aliphatic rings. The number of benzene rings is 3. The molecular weight excluding hydrogens is 719 g/mol. The number of hydrogen-bond donors (Lipinski definition) is 1. The van der Waals surface area contributed by atoms with Crippen molar-refractivity contribution in [2.75, 3.05) is 11.4 Å². The highest BCUT2D eigenvalue weighted by Crippen LogP contribution is 2.25. The lowest BCUT2D eigenvalue weighted by Gasteiger charge is -2.24. The van der Waals surface area contributed by atoms with Crippen LogP contribution >= 0.6 is 38.5 Å². The molecular formula is C35H42BrIN2O4. The van der Waals surface area contributed by atoms with Crippen molar-refractivity contribution in [1.82, 2.24) is 4.90 Å². The molecule has 2 amide bonds. The molecule has 0 fully saturated rings. The van der Waals surface area contributed by atoms with Crippen molar-refractivity contribution in [3.8, 4) is 0 Å². The van der Waals surface area contributed by atoms with Gasteiger partial charge in [-0.05, 0) is 70.5 Å². The topological polar surface area (TPSA) is 77.9 Å². The molecule has 0 saturated heterocycles. The number of carboxylic acid groups (broad SMARTS) is 1. The van der Waals surface area contributed by atoms with Crippen LogP contribution in [0.25, 0.3) is 0 Å². The molecule has 0 aromatic heterocycles. The van der Waals surface area contributed by atoms with Crippen molar-refractivity contribution < 1.29 is 19.5 Å². The lowest BCUT2D eigenvalue weighted by molar-refractivity contribution is -0.156. The third-order valence-electron chi connectivity index (χ3n) is 7.50. The minimum atomic E-state index is -1.50. The van der Waals surface area contributed by atoms with Gasteiger partial charge in [-0.1, -0.05) is 123 Å². The fourth-order valence-electron chi connectivity index (χ4n) is 5.05. The van der Waals surface area contributed by atoms with Crippen molar-refractivity contribution in [1.29, 1.82) is 0 Å². The van der Waals surface area contributed by atoms with E-state index in [1.807, 2.05) is 59.5 Å². The number of carbonyl (C=O) groups excluding carboxylic acids is 2. The van der Waals surface area contributed by atoms with Crippen LogP contribution in [0, 0.1) is 3.57 Å². The van der Waals surface area contributed by atoms with Crippen LogP contribution in [0.1, 0.15) is 92.6 Å². The molecule has 1 N–H and O–H groups in total. The van der Waals surface area contributed by atoms with Gasteiger partial charge in [-0.25, -0.2) is 4.79 Å². The first-order chi connectivity index (χ1) is 20.8. The van der Waals surface area contributed by atoms with Crippen LogP contribution in [0.4, 0.5) is 5.69 Å². The highest BCUT2D eigenvalue weighted by molar-refractivity contribution is 14.1. The molecule has 43 heavy (non-hydrogen) atoms. The Kier molecular flexibility index (Phi) is 15.2. The Labute approximate surface area is 278 Å². The van der Waals surface area contributed by atoms with E-state index < -0.39 is 11.9 Å². The molecule has 0 heterocycles. The molecule has 0 unspecified atom stereocenters. The third-order valence-corrected chi connectivity index (χ3v) is 9.29. The van der Waals surface area contributed by atoms with E-state index in [9.17, 15) is 19.5 Å². The summed E-state index contributed by atoms with van der Waals surface area (Å²) < 4.78 is 1.60. The van der Waals surface area contributed by atoms with Crippen LogP contribution in [0.2, 0.25) is 0 Å². The molecule has 3 aromatic rings. The summed E-state index contributed by atoms with van der Waals surface area (Å²) in [4.78, 5) is 41.1. The Balaban J connectivity index is 1.67. The Hall–Kier alpha value is -2.72. The van der Waals surface area contributed by atoms with E-state index in [1.54, 1.807) is 18.2 Å². The monoisotopic (exact) mass is 760 g/mol. The molecule has 3 rings (SSSR count). The summed E-state index contributed by atoms with van der Waals surface area (Å²) >= 11 is 5.77. The van der Waals surface area contributed by atoms with Gasteiger partial charge in [0.05, 0.1) is 0 Å². The molecule has 6 nitrogen and oxygen atoms in total. The second-order valence-electron chi connectivity index (χ2n) is 10.8. The SMILES string of the molecule is CCCCCCCCCCCCN(C(=O)c1ccc(CN(Cc2ccccc2I)C(=O)C(=O)O)c(Br)c1)c1ccccc1. The normalized spacial score (nSPS) is 10.9. The maximum Gasteiger partial charge on any atom is 0.394 e. The van der Waals surface area contributed by atoms with Gasteiger partial charge in [0.15, 0.2) is 0 Å². The van der Waals surface area contributed by atoms with E-state index >= 15 is 0 Å². The molecule has 3 aromatic carbocycles. The molecule has 0 bridgehead atoms. The average Bonchev–Trinajstić information content (AvgIpc) is 3.01. The molecule has 0 aliphatic heterocycles. The second kappa shape index (κ2) is 18.8. The molecule has 0 aliphatic carbocycles. The summed E-state index contributed by atoms with van der Waals surface area (Å²) in [7, 11) is 0. The number of amides is 2. The summed E-state index contributed by atoms with van der Waals surface area (Å²) in [6.07, 6.45) is 12.3. The third kappa shape index (κ3) is 11.4. The van der Waals surface area contributed by atoms with Crippen LogP contribution in [-0.2, 0) is 22.7 Å². The minimum Gasteiger partial charge on any atom is -0.474 e. The van der Waals surface area contributed by atoms with Crippen LogP contribution in [-0.4, -0.2) is 34.3 Å². The summed E-state index contributed by atoms with van der Waals surface area (Å²) in [5.74, 6) is -2.57. The van der Waals surface area contributed by atoms with Gasteiger partial charge in [0, 0.05) is 38.9 Å². The first-order valence-electron chi connectivity index (χ1n) is 15.2. The van der Waals surface area contributed by atoms with Gasteiger partial charge >= 0.3 is 11.9 Å². The predicted molar refractivity (Wildman–Crippen MR) is 185 cm³/mol. The maximum absolute atomic E-state index is 13.8. The number of nitrogens with zero attached hydrogens (tertiary/aromatic N) is 2. The number of anilines is 1. The zero-order chi connectivity index (χ0) is 31.0. The standard InChI is InChI=1S/C35H42BrIN2O4/c1-2-3-4-5-6-7-8-9-10-16-23-39(30-18-12-11-13-19-30)33(40)27-21-22-28(31(36)24-27)25-38(34(41)35(42)43)26-29-17-14-15-20-32(29)37/h11-15,17-22,24H,2-10,16,23,25-26H2,1H3,(H,42,43). The number of halogens is 2. The molecule has 0 saturated carbocycles. The van der Waals surface area contributed by atoms with Gasteiger partial charge in [0.25, 0.3) is 5.91 Å². The lowest BCUT2D eigenvalue weighted by Crippen LogP contribution is -2.36. The quantitative estimate of drug-likeness (QED) is 0.0846. The largest absolute Gasteiger partial charge is 0.474 e. The average molecular weight is 762 g/mol. The van der Waals surface area contributed by atoms with E-state index in [4.69, 9.17) is 0 Å². The zero-order valence-corrected chi connectivity index (χ0v) is 28.7. The summed E-state index contributed by atoms with van der Waals surface area (Å²) in [5, 5.41) is 9.45. The van der Waals surface area contributed by atoms with Crippen molar-refractivity contribution in [3.63, 3.8) is 0 Å². The highest BCUT2D eigenvalue weighted by atomic mass is 127. The molecule has 0 atom stereocenters. The molecule has 0 spiro atoms. The van der Waals surface area contributed by atoms with E-state index in [0.29, 0.717) is 16.6 Å². The summed E-state index contributed by atoms with van der Waals surface area (Å²) in [6.45, 7) is 3.13. The number of hydrogen-bond acceptors (Lipinski definition) is 3. The lowest BCUT2D eigenvalue weighted by atomic mass is 10.1. The van der Waals surface area contributed by atoms with Gasteiger partial charge in [-0.3, -0.25) is 9.59 Å². The second-order valence-corrected chi connectivity index (χ2v) is 12.9. The summed E-state index contributed by atoms with van der Waals surface area (Å²) in [6, 6.07) is 22.6.